The molecule has 0 saturated carbocycles. The van der Waals surface area contributed by atoms with Crippen molar-refractivity contribution in [2.45, 2.75) is 32.4 Å². The molecule has 2 aromatic carbocycles. The maximum Gasteiger partial charge on any atom is 0.287 e. The van der Waals surface area contributed by atoms with Crippen LogP contribution in [0.2, 0.25) is 5.02 Å². The van der Waals surface area contributed by atoms with E-state index in [1.54, 1.807) is 12.1 Å². The molecule has 0 unspecified atom stereocenters. The van der Waals surface area contributed by atoms with Crippen molar-refractivity contribution >= 4 is 28.5 Å². The summed E-state index contributed by atoms with van der Waals surface area (Å²) in [4.78, 5) is 27.5. The van der Waals surface area contributed by atoms with Gasteiger partial charge < -0.3 is 19.2 Å². The number of hydrogen-bond donors (Lipinski definition) is 1. The van der Waals surface area contributed by atoms with E-state index in [9.17, 15) is 9.59 Å². The zero-order chi connectivity index (χ0) is 22.2. The first-order chi connectivity index (χ1) is 15.5. The number of aryl methyl sites for hydroxylation is 1. The number of fused-ring (bicyclic) bond motifs is 2. The highest BCUT2D eigenvalue weighted by atomic mass is 35.5. The van der Waals surface area contributed by atoms with Gasteiger partial charge in [-0.15, -0.1) is 0 Å². The Morgan fingerprint density at radius 2 is 1.91 bits per heavy atom. The fraction of sp³-hybridized carbons (Fsp3) is 0.333. The van der Waals surface area contributed by atoms with E-state index in [1.807, 2.05) is 19.1 Å². The Bertz CT molecular complexity index is 1250. The van der Waals surface area contributed by atoms with Crippen molar-refractivity contribution in [3.8, 4) is 11.5 Å². The van der Waals surface area contributed by atoms with Crippen LogP contribution >= 0.6 is 11.6 Å². The van der Waals surface area contributed by atoms with Gasteiger partial charge in [0.2, 0.25) is 6.79 Å². The van der Waals surface area contributed by atoms with Crippen molar-refractivity contribution in [1.82, 2.24) is 10.2 Å². The van der Waals surface area contributed by atoms with Gasteiger partial charge in [0, 0.05) is 36.8 Å². The van der Waals surface area contributed by atoms with Gasteiger partial charge in [-0.3, -0.25) is 14.5 Å². The molecule has 1 amide bonds. The summed E-state index contributed by atoms with van der Waals surface area (Å²) in [6, 6.07) is 10.5. The lowest BCUT2D eigenvalue weighted by atomic mass is 10.0. The van der Waals surface area contributed by atoms with Crippen LogP contribution in [-0.4, -0.2) is 36.7 Å². The summed E-state index contributed by atoms with van der Waals surface area (Å²) >= 11 is 6.10. The maximum absolute atomic E-state index is 12.7. The SMILES string of the molecule is Cc1cc2oc(C(=O)NC3CCN(Cc4ccc5c(c4)OCO5)CC3)cc(=O)c2cc1Cl. The quantitative estimate of drug-likeness (QED) is 0.644. The van der Waals surface area contributed by atoms with E-state index in [1.165, 1.54) is 11.6 Å². The van der Waals surface area contributed by atoms with Gasteiger partial charge in [0.15, 0.2) is 22.7 Å². The predicted molar refractivity (Wildman–Crippen MR) is 121 cm³/mol. The lowest BCUT2D eigenvalue weighted by Gasteiger charge is -2.32. The van der Waals surface area contributed by atoms with Gasteiger partial charge >= 0.3 is 0 Å². The van der Waals surface area contributed by atoms with E-state index in [0.717, 1.165) is 49.5 Å². The first-order valence-corrected chi connectivity index (χ1v) is 11.0. The second-order valence-corrected chi connectivity index (χ2v) is 8.69. The molecule has 1 fully saturated rings. The van der Waals surface area contributed by atoms with Crippen molar-refractivity contribution in [3.63, 3.8) is 0 Å². The van der Waals surface area contributed by atoms with Crippen molar-refractivity contribution in [2.75, 3.05) is 19.9 Å². The molecule has 0 radical (unpaired) electrons. The Balaban J connectivity index is 1.20. The molecule has 0 spiro atoms. The number of ether oxygens (including phenoxy) is 2. The molecular weight excluding hydrogens is 432 g/mol. The summed E-state index contributed by atoms with van der Waals surface area (Å²) in [5.41, 5.74) is 2.04. The third-order valence-corrected chi connectivity index (χ3v) is 6.41. The largest absolute Gasteiger partial charge is 0.454 e. The Hall–Kier alpha value is -3.03. The van der Waals surface area contributed by atoms with Crippen LogP contribution in [0.4, 0.5) is 0 Å². The smallest absolute Gasteiger partial charge is 0.287 e. The van der Waals surface area contributed by atoms with E-state index in [-0.39, 0.29) is 29.9 Å². The number of amides is 1. The summed E-state index contributed by atoms with van der Waals surface area (Å²) in [5.74, 6) is 1.23. The molecule has 0 aliphatic carbocycles. The molecule has 3 heterocycles. The summed E-state index contributed by atoms with van der Waals surface area (Å²) < 4.78 is 16.5. The van der Waals surface area contributed by atoms with Crippen molar-refractivity contribution in [3.05, 3.63) is 68.5 Å². The van der Waals surface area contributed by atoms with Crippen LogP contribution in [-0.2, 0) is 6.54 Å². The molecule has 1 aromatic heterocycles. The molecule has 5 rings (SSSR count). The van der Waals surface area contributed by atoms with E-state index >= 15 is 0 Å². The number of rotatable bonds is 4. The van der Waals surface area contributed by atoms with Crippen molar-refractivity contribution in [2.24, 2.45) is 0 Å². The highest BCUT2D eigenvalue weighted by Crippen LogP contribution is 2.33. The number of likely N-dealkylation sites (tertiary alicyclic amines) is 1. The van der Waals surface area contributed by atoms with Gasteiger partial charge in [0.1, 0.15) is 5.58 Å². The summed E-state index contributed by atoms with van der Waals surface area (Å²) in [7, 11) is 0. The first-order valence-electron chi connectivity index (χ1n) is 10.6. The molecule has 1 N–H and O–H groups in total. The number of hydrogen-bond acceptors (Lipinski definition) is 6. The molecule has 32 heavy (non-hydrogen) atoms. The van der Waals surface area contributed by atoms with E-state index in [4.69, 9.17) is 25.5 Å². The van der Waals surface area contributed by atoms with Crippen LogP contribution in [0.3, 0.4) is 0 Å². The van der Waals surface area contributed by atoms with Crippen LogP contribution in [0.1, 0.15) is 34.5 Å². The van der Waals surface area contributed by atoms with Gasteiger partial charge in [-0.05, 0) is 55.2 Å². The third-order valence-electron chi connectivity index (χ3n) is 6.00. The molecule has 8 heteroatoms. The number of nitrogens with one attached hydrogen (secondary N) is 1. The minimum absolute atomic E-state index is 0.0204. The Morgan fingerprint density at radius 1 is 1.12 bits per heavy atom. The number of carbonyl (C=O) groups excluding carboxylic acids is 1. The lowest BCUT2D eigenvalue weighted by Crippen LogP contribution is -2.44. The predicted octanol–water partition coefficient (Wildman–Crippen LogP) is 3.88. The topological polar surface area (TPSA) is 81.0 Å². The molecule has 2 aliphatic rings. The standard InChI is InChI=1S/C24H23ClN2O5/c1-14-8-21-17(10-18(14)25)19(28)11-23(32-21)24(29)26-16-4-6-27(7-5-16)12-15-2-3-20-22(9-15)31-13-30-20/h2-3,8-11,16H,4-7,12-13H2,1H3,(H,26,29). The van der Waals surface area contributed by atoms with E-state index in [0.29, 0.717) is 16.0 Å². The van der Waals surface area contributed by atoms with Crippen LogP contribution < -0.4 is 20.2 Å². The molecule has 0 bridgehead atoms. The van der Waals surface area contributed by atoms with Gasteiger partial charge in [0.05, 0.1) is 5.39 Å². The monoisotopic (exact) mass is 454 g/mol. The van der Waals surface area contributed by atoms with Gasteiger partial charge in [-0.25, -0.2) is 0 Å². The minimum atomic E-state index is -0.370. The van der Waals surface area contributed by atoms with Crippen LogP contribution in [0, 0.1) is 6.92 Å². The zero-order valence-corrected chi connectivity index (χ0v) is 18.4. The average molecular weight is 455 g/mol. The summed E-state index contributed by atoms with van der Waals surface area (Å²) in [5, 5.41) is 3.87. The molecule has 1 saturated heterocycles. The van der Waals surface area contributed by atoms with Gasteiger partial charge in [-0.1, -0.05) is 17.7 Å². The van der Waals surface area contributed by atoms with Crippen molar-refractivity contribution < 1.29 is 18.7 Å². The second-order valence-electron chi connectivity index (χ2n) is 8.28. The summed E-state index contributed by atoms with van der Waals surface area (Å²) in [6.07, 6.45) is 1.64. The average Bonchev–Trinajstić information content (AvgIpc) is 3.24. The van der Waals surface area contributed by atoms with E-state index < -0.39 is 0 Å². The maximum atomic E-state index is 12.7. The molecule has 166 valence electrons. The zero-order valence-electron chi connectivity index (χ0n) is 17.7. The van der Waals surface area contributed by atoms with Crippen LogP contribution in [0.25, 0.3) is 11.0 Å². The molecule has 2 aliphatic heterocycles. The number of halogens is 1. The second kappa shape index (κ2) is 8.48. The molecule has 7 nitrogen and oxygen atoms in total. The van der Waals surface area contributed by atoms with Gasteiger partial charge in [-0.2, -0.15) is 0 Å². The number of nitrogens with zero attached hydrogens (tertiary/aromatic N) is 1. The Labute approximate surface area is 189 Å². The molecular formula is C24H23ClN2O5. The number of piperidine rings is 1. The number of carbonyl (C=O) groups is 1. The molecule has 0 atom stereocenters. The minimum Gasteiger partial charge on any atom is -0.454 e. The van der Waals surface area contributed by atoms with Crippen molar-refractivity contribution in [1.29, 1.82) is 0 Å². The fourth-order valence-corrected chi connectivity index (χ4v) is 4.34. The molecule has 3 aromatic rings. The Morgan fingerprint density at radius 3 is 2.72 bits per heavy atom. The summed E-state index contributed by atoms with van der Waals surface area (Å²) in [6.45, 7) is 4.64. The fourth-order valence-electron chi connectivity index (χ4n) is 4.18. The van der Waals surface area contributed by atoms with Crippen LogP contribution in [0.5, 0.6) is 11.5 Å². The van der Waals surface area contributed by atoms with E-state index in [2.05, 4.69) is 16.3 Å². The van der Waals surface area contributed by atoms with Gasteiger partial charge in [0.25, 0.3) is 5.91 Å². The highest BCUT2D eigenvalue weighted by Gasteiger charge is 2.23. The normalized spacial score (nSPS) is 16.4. The first kappa shape index (κ1) is 20.8. The highest BCUT2D eigenvalue weighted by molar-refractivity contribution is 6.32. The Kier molecular flexibility index (Phi) is 5.53. The van der Waals surface area contributed by atoms with Crippen LogP contribution in [0.15, 0.2) is 45.6 Å². The number of benzene rings is 2. The lowest BCUT2D eigenvalue weighted by molar-refractivity contribution is 0.0881. The third kappa shape index (κ3) is 4.18.